The highest BCUT2D eigenvalue weighted by Crippen LogP contribution is 2.35. The maximum atomic E-state index is 11.5. The zero-order valence-electron chi connectivity index (χ0n) is 11.8. The second-order valence-corrected chi connectivity index (χ2v) is 8.70. The van der Waals surface area contributed by atoms with Crippen LogP contribution in [0.2, 0.25) is 5.02 Å². The number of benzene rings is 1. The Balaban J connectivity index is 2.14. The topological polar surface area (TPSA) is 52.6 Å². The standard InChI is InChI=1S/C14H18Cl2O4S/c1-11-2-3-12(15)13(8-11)20-9-14(10-21(16,17)18)4-6-19-7-5-14/h2-3,8H,4-7,9-10H2,1H3. The molecule has 1 aliphatic heterocycles. The van der Waals surface area contributed by atoms with Crippen molar-refractivity contribution < 1.29 is 17.9 Å². The normalized spacial score (nSPS) is 18.4. The van der Waals surface area contributed by atoms with Gasteiger partial charge in [-0.25, -0.2) is 8.42 Å². The summed E-state index contributed by atoms with van der Waals surface area (Å²) in [4.78, 5) is 0. The summed E-state index contributed by atoms with van der Waals surface area (Å²) in [5, 5.41) is 0.511. The predicted molar refractivity (Wildman–Crippen MR) is 83.8 cm³/mol. The molecule has 1 aromatic rings. The predicted octanol–water partition coefficient (Wildman–Crippen LogP) is 3.39. The van der Waals surface area contributed by atoms with Gasteiger partial charge in [0, 0.05) is 29.3 Å². The number of hydrogen-bond acceptors (Lipinski definition) is 4. The van der Waals surface area contributed by atoms with Gasteiger partial charge in [0.1, 0.15) is 5.75 Å². The molecule has 0 radical (unpaired) electrons. The Hall–Kier alpha value is -0.490. The van der Waals surface area contributed by atoms with Gasteiger partial charge in [-0.1, -0.05) is 17.7 Å². The molecule has 0 atom stereocenters. The molecule has 2 rings (SSSR count). The lowest BCUT2D eigenvalue weighted by Crippen LogP contribution is -2.40. The molecule has 0 N–H and O–H groups in total. The van der Waals surface area contributed by atoms with Crippen LogP contribution in [-0.4, -0.2) is 34.0 Å². The average molecular weight is 353 g/mol. The number of ether oxygens (including phenoxy) is 2. The molecule has 0 aliphatic carbocycles. The van der Waals surface area contributed by atoms with E-state index in [1.807, 2.05) is 19.1 Å². The summed E-state index contributed by atoms with van der Waals surface area (Å²) in [5.74, 6) is 0.448. The molecular weight excluding hydrogens is 335 g/mol. The van der Waals surface area contributed by atoms with E-state index >= 15 is 0 Å². The summed E-state index contributed by atoms with van der Waals surface area (Å²) in [6.07, 6.45) is 1.20. The SMILES string of the molecule is Cc1ccc(Cl)c(OCC2(CS(=O)(=O)Cl)CCOCC2)c1. The van der Waals surface area contributed by atoms with Crippen LogP contribution in [0.3, 0.4) is 0 Å². The first kappa shape index (κ1) is 16.9. The van der Waals surface area contributed by atoms with E-state index in [9.17, 15) is 8.42 Å². The van der Waals surface area contributed by atoms with Crippen molar-refractivity contribution in [2.45, 2.75) is 19.8 Å². The lowest BCUT2D eigenvalue weighted by atomic mass is 9.83. The fraction of sp³-hybridized carbons (Fsp3) is 0.571. The van der Waals surface area contributed by atoms with E-state index < -0.39 is 14.5 Å². The van der Waals surface area contributed by atoms with Crippen molar-refractivity contribution >= 4 is 31.3 Å². The third kappa shape index (κ3) is 5.02. The first-order valence-corrected chi connectivity index (χ1v) is 9.54. The molecule has 1 fully saturated rings. The van der Waals surface area contributed by atoms with Crippen LogP contribution in [-0.2, 0) is 13.8 Å². The van der Waals surface area contributed by atoms with Gasteiger partial charge in [0.05, 0.1) is 17.4 Å². The van der Waals surface area contributed by atoms with E-state index in [1.54, 1.807) is 6.07 Å². The van der Waals surface area contributed by atoms with Crippen molar-refractivity contribution in [1.82, 2.24) is 0 Å². The fourth-order valence-corrected chi connectivity index (χ4v) is 4.42. The molecule has 118 valence electrons. The average Bonchev–Trinajstić information content (AvgIpc) is 2.39. The Bertz CT molecular complexity index is 595. The van der Waals surface area contributed by atoms with Gasteiger partial charge >= 0.3 is 0 Å². The molecule has 1 heterocycles. The third-order valence-corrected chi connectivity index (χ3v) is 5.25. The van der Waals surface area contributed by atoms with Crippen molar-refractivity contribution in [3.8, 4) is 5.75 Å². The van der Waals surface area contributed by atoms with Gasteiger partial charge in [-0.15, -0.1) is 0 Å². The summed E-state index contributed by atoms with van der Waals surface area (Å²) in [7, 11) is 1.84. The zero-order valence-corrected chi connectivity index (χ0v) is 14.1. The Kier molecular flexibility index (Phi) is 5.41. The molecule has 7 heteroatoms. The van der Waals surface area contributed by atoms with Crippen LogP contribution in [0.1, 0.15) is 18.4 Å². The first-order valence-electron chi connectivity index (χ1n) is 6.69. The zero-order chi connectivity index (χ0) is 15.5. The minimum atomic E-state index is -3.60. The van der Waals surface area contributed by atoms with E-state index in [-0.39, 0.29) is 12.4 Å². The van der Waals surface area contributed by atoms with Gasteiger partial charge in [0.2, 0.25) is 9.05 Å². The Morgan fingerprint density at radius 3 is 2.62 bits per heavy atom. The van der Waals surface area contributed by atoms with Crippen LogP contribution in [0, 0.1) is 12.3 Å². The smallest absolute Gasteiger partial charge is 0.233 e. The van der Waals surface area contributed by atoms with Gasteiger partial charge < -0.3 is 9.47 Å². The number of rotatable bonds is 5. The number of halogens is 2. The molecule has 4 nitrogen and oxygen atoms in total. The molecule has 0 spiro atoms. The highest BCUT2D eigenvalue weighted by molar-refractivity contribution is 8.13. The van der Waals surface area contributed by atoms with Crippen molar-refractivity contribution in [2.75, 3.05) is 25.6 Å². The van der Waals surface area contributed by atoms with Crippen LogP contribution in [0.4, 0.5) is 0 Å². The van der Waals surface area contributed by atoms with Crippen molar-refractivity contribution in [3.63, 3.8) is 0 Å². The first-order chi connectivity index (χ1) is 9.80. The van der Waals surface area contributed by atoms with Gasteiger partial charge in [-0.3, -0.25) is 0 Å². The van der Waals surface area contributed by atoms with E-state index in [0.717, 1.165) is 5.56 Å². The van der Waals surface area contributed by atoms with Crippen LogP contribution in [0.25, 0.3) is 0 Å². The molecule has 1 aliphatic rings. The molecule has 0 bridgehead atoms. The largest absolute Gasteiger partial charge is 0.491 e. The van der Waals surface area contributed by atoms with Crippen molar-refractivity contribution in [2.24, 2.45) is 5.41 Å². The van der Waals surface area contributed by atoms with Crippen LogP contribution < -0.4 is 4.74 Å². The van der Waals surface area contributed by atoms with Crippen molar-refractivity contribution in [1.29, 1.82) is 0 Å². The number of aryl methyl sites for hydroxylation is 1. The molecule has 0 saturated carbocycles. The van der Waals surface area contributed by atoms with Crippen molar-refractivity contribution in [3.05, 3.63) is 28.8 Å². The summed E-state index contributed by atoms with van der Waals surface area (Å²) < 4.78 is 34.1. The molecule has 21 heavy (non-hydrogen) atoms. The monoisotopic (exact) mass is 352 g/mol. The third-order valence-electron chi connectivity index (χ3n) is 3.65. The van der Waals surface area contributed by atoms with E-state index in [0.29, 0.717) is 36.8 Å². The minimum Gasteiger partial charge on any atom is -0.491 e. The minimum absolute atomic E-state index is 0.117. The van der Waals surface area contributed by atoms with Gasteiger partial charge in [0.15, 0.2) is 0 Å². The second kappa shape index (κ2) is 6.73. The highest BCUT2D eigenvalue weighted by Gasteiger charge is 2.37. The van der Waals surface area contributed by atoms with E-state index in [4.69, 9.17) is 31.8 Å². The molecular formula is C14H18Cl2O4S. The molecule has 0 aromatic heterocycles. The maximum Gasteiger partial charge on any atom is 0.233 e. The van der Waals surface area contributed by atoms with Crippen LogP contribution >= 0.6 is 22.3 Å². The van der Waals surface area contributed by atoms with Crippen LogP contribution in [0.5, 0.6) is 5.75 Å². The summed E-state index contributed by atoms with van der Waals surface area (Å²) in [6, 6.07) is 5.49. The maximum absolute atomic E-state index is 11.5. The summed E-state index contributed by atoms with van der Waals surface area (Å²) in [5.41, 5.74) is 0.506. The second-order valence-electron chi connectivity index (χ2n) is 5.52. The van der Waals surface area contributed by atoms with E-state index in [2.05, 4.69) is 0 Å². The lowest BCUT2D eigenvalue weighted by Gasteiger charge is -2.35. The molecule has 0 amide bonds. The quantitative estimate of drug-likeness (QED) is 0.762. The van der Waals surface area contributed by atoms with Gasteiger partial charge in [-0.05, 0) is 37.5 Å². The molecule has 1 aromatic carbocycles. The Labute approximate surface area is 134 Å². The van der Waals surface area contributed by atoms with E-state index in [1.165, 1.54) is 0 Å². The lowest BCUT2D eigenvalue weighted by molar-refractivity contribution is 0.00229. The highest BCUT2D eigenvalue weighted by atomic mass is 35.7. The van der Waals surface area contributed by atoms with Crippen LogP contribution in [0.15, 0.2) is 18.2 Å². The Morgan fingerprint density at radius 2 is 2.00 bits per heavy atom. The number of hydrogen-bond donors (Lipinski definition) is 0. The summed E-state index contributed by atoms with van der Waals surface area (Å²) >= 11 is 6.10. The Morgan fingerprint density at radius 1 is 1.33 bits per heavy atom. The molecule has 0 unspecified atom stereocenters. The summed E-state index contributed by atoms with van der Waals surface area (Å²) in [6.45, 7) is 3.22. The van der Waals surface area contributed by atoms with Gasteiger partial charge in [-0.2, -0.15) is 0 Å². The molecule has 1 saturated heterocycles. The van der Waals surface area contributed by atoms with Gasteiger partial charge in [0.25, 0.3) is 0 Å². The fourth-order valence-electron chi connectivity index (χ4n) is 2.45.